The molecule has 1 unspecified atom stereocenters. The van der Waals surface area contributed by atoms with Crippen LogP contribution in [0.4, 0.5) is 11.4 Å². The van der Waals surface area contributed by atoms with Crippen molar-refractivity contribution in [1.29, 1.82) is 0 Å². The number of hydrogen-bond donors (Lipinski definition) is 1. The van der Waals surface area contributed by atoms with E-state index in [1.807, 2.05) is 56.3 Å². The number of carbonyl (C=O) groups is 2. The van der Waals surface area contributed by atoms with E-state index in [0.717, 1.165) is 22.5 Å². The fourth-order valence-corrected chi connectivity index (χ4v) is 3.09. The van der Waals surface area contributed by atoms with Gasteiger partial charge in [0.05, 0.1) is 18.7 Å². The molecule has 25 heavy (non-hydrogen) atoms. The highest BCUT2D eigenvalue weighted by molar-refractivity contribution is 6.04. The molecule has 2 aromatic carbocycles. The molecule has 1 fully saturated rings. The van der Waals surface area contributed by atoms with Gasteiger partial charge in [0.1, 0.15) is 5.75 Å². The maximum absolute atomic E-state index is 12.5. The predicted octanol–water partition coefficient (Wildman–Crippen LogP) is 3.30. The standard InChI is InChI=1S/C20H22N2O3/c1-13-5-4-6-16(9-13)21-20(24)15-11-19(23)22(12-15)17-10-14(2)7-8-18(17)25-3/h4-10,15H,11-12H2,1-3H3,(H,21,24). The first kappa shape index (κ1) is 17.0. The highest BCUT2D eigenvalue weighted by atomic mass is 16.5. The molecule has 130 valence electrons. The molecule has 0 aliphatic carbocycles. The Balaban J connectivity index is 1.76. The number of carbonyl (C=O) groups excluding carboxylic acids is 2. The van der Waals surface area contributed by atoms with Crippen molar-refractivity contribution in [3.63, 3.8) is 0 Å². The molecule has 0 radical (unpaired) electrons. The number of benzene rings is 2. The minimum absolute atomic E-state index is 0.0618. The van der Waals surface area contributed by atoms with Gasteiger partial charge in [0.2, 0.25) is 11.8 Å². The first-order valence-corrected chi connectivity index (χ1v) is 8.30. The lowest BCUT2D eigenvalue weighted by atomic mass is 10.1. The SMILES string of the molecule is COc1ccc(C)cc1N1CC(C(=O)Nc2cccc(C)c2)CC1=O. The van der Waals surface area contributed by atoms with Crippen molar-refractivity contribution in [2.75, 3.05) is 23.9 Å². The summed E-state index contributed by atoms with van der Waals surface area (Å²) in [5.41, 5.74) is 3.59. The van der Waals surface area contributed by atoms with Crippen molar-refractivity contribution in [3.8, 4) is 5.75 Å². The third-order valence-electron chi connectivity index (χ3n) is 4.41. The molecule has 2 aromatic rings. The molecule has 0 bridgehead atoms. The van der Waals surface area contributed by atoms with E-state index in [9.17, 15) is 9.59 Å². The van der Waals surface area contributed by atoms with E-state index in [2.05, 4.69) is 5.32 Å². The second-order valence-electron chi connectivity index (χ2n) is 6.44. The van der Waals surface area contributed by atoms with Gasteiger partial charge in [0.25, 0.3) is 0 Å². The van der Waals surface area contributed by atoms with E-state index in [4.69, 9.17) is 4.74 Å². The molecule has 1 aliphatic rings. The molecule has 0 spiro atoms. The molecule has 5 nitrogen and oxygen atoms in total. The molecular weight excluding hydrogens is 316 g/mol. The van der Waals surface area contributed by atoms with Crippen LogP contribution in [0.5, 0.6) is 5.75 Å². The van der Waals surface area contributed by atoms with Crippen LogP contribution in [0.25, 0.3) is 0 Å². The third-order valence-corrected chi connectivity index (χ3v) is 4.41. The minimum Gasteiger partial charge on any atom is -0.495 e. The number of hydrogen-bond acceptors (Lipinski definition) is 3. The monoisotopic (exact) mass is 338 g/mol. The zero-order chi connectivity index (χ0) is 18.0. The van der Waals surface area contributed by atoms with E-state index in [1.54, 1.807) is 12.0 Å². The fraction of sp³-hybridized carbons (Fsp3) is 0.300. The van der Waals surface area contributed by atoms with Crippen LogP contribution in [0.1, 0.15) is 17.5 Å². The van der Waals surface area contributed by atoms with Crippen LogP contribution in [0, 0.1) is 19.8 Å². The Bertz CT molecular complexity index is 816. The second-order valence-corrected chi connectivity index (χ2v) is 6.44. The number of ether oxygens (including phenoxy) is 1. The van der Waals surface area contributed by atoms with Crippen LogP contribution in [0.3, 0.4) is 0 Å². The largest absolute Gasteiger partial charge is 0.495 e. The minimum atomic E-state index is -0.377. The predicted molar refractivity (Wildman–Crippen MR) is 98.0 cm³/mol. The van der Waals surface area contributed by atoms with Gasteiger partial charge in [-0.1, -0.05) is 18.2 Å². The first-order valence-electron chi connectivity index (χ1n) is 8.30. The summed E-state index contributed by atoms with van der Waals surface area (Å²) in [5.74, 6) is 0.0679. The van der Waals surface area contributed by atoms with Crippen molar-refractivity contribution in [3.05, 3.63) is 53.6 Å². The maximum Gasteiger partial charge on any atom is 0.229 e. The summed E-state index contributed by atoms with van der Waals surface area (Å²) in [5, 5.41) is 2.91. The number of amides is 2. The van der Waals surface area contributed by atoms with Gasteiger partial charge in [-0.15, -0.1) is 0 Å². The van der Waals surface area contributed by atoms with Crippen LogP contribution < -0.4 is 15.0 Å². The summed E-state index contributed by atoms with van der Waals surface area (Å²) >= 11 is 0. The molecule has 1 aliphatic heterocycles. The van der Waals surface area contributed by atoms with E-state index in [-0.39, 0.29) is 24.2 Å². The topological polar surface area (TPSA) is 58.6 Å². The molecule has 1 N–H and O–H groups in total. The average molecular weight is 338 g/mol. The summed E-state index contributed by atoms with van der Waals surface area (Å²) in [6.07, 6.45) is 0.203. The summed E-state index contributed by atoms with van der Waals surface area (Å²) in [7, 11) is 1.58. The third kappa shape index (κ3) is 3.65. The fourth-order valence-electron chi connectivity index (χ4n) is 3.09. The van der Waals surface area contributed by atoms with Crippen molar-refractivity contribution in [2.24, 2.45) is 5.92 Å². The lowest BCUT2D eigenvalue weighted by Crippen LogP contribution is -2.28. The van der Waals surface area contributed by atoms with Crippen LogP contribution in [-0.4, -0.2) is 25.5 Å². The van der Waals surface area contributed by atoms with Crippen molar-refractivity contribution < 1.29 is 14.3 Å². The molecule has 0 aromatic heterocycles. The number of aryl methyl sites for hydroxylation is 2. The number of rotatable bonds is 4. The molecular formula is C20H22N2O3. The number of nitrogens with zero attached hydrogens (tertiary/aromatic N) is 1. The molecule has 2 amide bonds. The van der Waals surface area contributed by atoms with Crippen LogP contribution in [-0.2, 0) is 9.59 Å². The van der Waals surface area contributed by atoms with Gasteiger partial charge in [0, 0.05) is 18.7 Å². The molecule has 1 saturated heterocycles. The summed E-state index contributed by atoms with van der Waals surface area (Å²) < 4.78 is 5.37. The Morgan fingerprint density at radius 2 is 1.92 bits per heavy atom. The summed E-state index contributed by atoms with van der Waals surface area (Å²) in [4.78, 5) is 26.7. The zero-order valence-corrected chi connectivity index (χ0v) is 14.7. The summed E-state index contributed by atoms with van der Waals surface area (Å²) in [6.45, 7) is 4.29. The molecule has 1 heterocycles. The molecule has 0 saturated carbocycles. The van der Waals surface area contributed by atoms with E-state index in [0.29, 0.717) is 12.3 Å². The van der Waals surface area contributed by atoms with Gasteiger partial charge in [-0.3, -0.25) is 9.59 Å². The van der Waals surface area contributed by atoms with E-state index >= 15 is 0 Å². The lowest BCUT2D eigenvalue weighted by molar-refractivity contribution is -0.122. The Morgan fingerprint density at radius 1 is 1.16 bits per heavy atom. The second kappa shape index (κ2) is 6.97. The average Bonchev–Trinajstić information content (AvgIpc) is 2.96. The van der Waals surface area contributed by atoms with E-state index < -0.39 is 0 Å². The Labute approximate surface area is 147 Å². The first-order chi connectivity index (χ1) is 12.0. The smallest absolute Gasteiger partial charge is 0.229 e. The van der Waals surface area contributed by atoms with Gasteiger partial charge in [-0.05, 0) is 49.2 Å². The Morgan fingerprint density at radius 3 is 2.64 bits per heavy atom. The highest BCUT2D eigenvalue weighted by Crippen LogP contribution is 2.34. The number of methoxy groups -OCH3 is 1. The molecule has 3 rings (SSSR count). The summed E-state index contributed by atoms with van der Waals surface area (Å²) in [6, 6.07) is 13.3. The normalized spacial score (nSPS) is 16.8. The van der Waals surface area contributed by atoms with Gasteiger partial charge < -0.3 is 15.0 Å². The van der Waals surface area contributed by atoms with Crippen molar-refractivity contribution >= 4 is 23.2 Å². The molecule has 1 atom stereocenters. The van der Waals surface area contributed by atoms with Crippen LogP contribution in [0.2, 0.25) is 0 Å². The number of anilines is 2. The van der Waals surface area contributed by atoms with Gasteiger partial charge >= 0.3 is 0 Å². The molecule has 5 heteroatoms. The Kier molecular flexibility index (Phi) is 4.74. The van der Waals surface area contributed by atoms with Gasteiger partial charge in [-0.25, -0.2) is 0 Å². The van der Waals surface area contributed by atoms with Crippen LogP contribution in [0.15, 0.2) is 42.5 Å². The van der Waals surface area contributed by atoms with Gasteiger partial charge in [0.15, 0.2) is 0 Å². The highest BCUT2D eigenvalue weighted by Gasteiger charge is 2.36. The zero-order valence-electron chi connectivity index (χ0n) is 14.7. The van der Waals surface area contributed by atoms with Gasteiger partial charge in [-0.2, -0.15) is 0 Å². The Hall–Kier alpha value is -2.82. The quantitative estimate of drug-likeness (QED) is 0.930. The van der Waals surface area contributed by atoms with Crippen LogP contribution >= 0.6 is 0 Å². The number of nitrogens with one attached hydrogen (secondary N) is 1. The lowest BCUT2D eigenvalue weighted by Gasteiger charge is -2.20. The van der Waals surface area contributed by atoms with Crippen molar-refractivity contribution in [1.82, 2.24) is 0 Å². The van der Waals surface area contributed by atoms with Crippen molar-refractivity contribution in [2.45, 2.75) is 20.3 Å². The van der Waals surface area contributed by atoms with E-state index in [1.165, 1.54) is 0 Å². The maximum atomic E-state index is 12.5.